The number of likely N-dealkylation sites (tertiary alicyclic amines) is 1. The van der Waals surface area contributed by atoms with Crippen LogP contribution in [0.4, 0.5) is 4.79 Å². The summed E-state index contributed by atoms with van der Waals surface area (Å²) in [5, 5.41) is 0. The maximum Gasteiger partial charge on any atom is 0.410 e. The molecule has 1 amide bonds. The first-order valence-corrected chi connectivity index (χ1v) is 6.41. The van der Waals surface area contributed by atoms with Crippen molar-refractivity contribution >= 4 is 18.5 Å². The molecule has 106 valence electrons. The van der Waals surface area contributed by atoms with Gasteiger partial charge in [0.25, 0.3) is 0 Å². The number of hydrogen-bond acceptors (Lipinski definition) is 3. The molecule has 0 saturated carbocycles. The van der Waals surface area contributed by atoms with E-state index in [1.54, 1.807) is 4.90 Å². The SMILES string of the molecule is C[C@H]1[C@H](N)CCCN1C(=O)OCc1ccccc1.Cl. The molecule has 2 atom stereocenters. The summed E-state index contributed by atoms with van der Waals surface area (Å²) in [5.74, 6) is 0. The Labute approximate surface area is 120 Å². The van der Waals surface area contributed by atoms with E-state index in [0.717, 1.165) is 24.9 Å². The minimum atomic E-state index is -0.262. The van der Waals surface area contributed by atoms with Gasteiger partial charge >= 0.3 is 6.09 Å². The molecule has 1 aliphatic heterocycles. The van der Waals surface area contributed by atoms with Crippen LogP contribution in [0.2, 0.25) is 0 Å². The Bertz CT molecular complexity index is 400. The first-order valence-electron chi connectivity index (χ1n) is 6.41. The van der Waals surface area contributed by atoms with Crippen LogP contribution in [0.15, 0.2) is 30.3 Å². The lowest BCUT2D eigenvalue weighted by molar-refractivity contribution is 0.0666. The molecule has 0 spiro atoms. The predicted molar refractivity (Wildman–Crippen MR) is 77.3 cm³/mol. The average molecular weight is 285 g/mol. The van der Waals surface area contributed by atoms with Gasteiger partial charge in [0.05, 0.1) is 0 Å². The number of nitrogens with zero attached hydrogens (tertiary/aromatic N) is 1. The Morgan fingerprint density at radius 2 is 2.11 bits per heavy atom. The van der Waals surface area contributed by atoms with Gasteiger partial charge in [-0.15, -0.1) is 12.4 Å². The summed E-state index contributed by atoms with van der Waals surface area (Å²) in [4.78, 5) is 13.7. The zero-order chi connectivity index (χ0) is 13.0. The second-order valence-electron chi connectivity index (χ2n) is 4.78. The molecule has 4 nitrogen and oxygen atoms in total. The van der Waals surface area contributed by atoms with Crippen LogP contribution in [-0.2, 0) is 11.3 Å². The van der Waals surface area contributed by atoms with Crippen LogP contribution in [0, 0.1) is 0 Å². The summed E-state index contributed by atoms with van der Waals surface area (Å²) >= 11 is 0. The summed E-state index contributed by atoms with van der Waals surface area (Å²) < 4.78 is 5.32. The summed E-state index contributed by atoms with van der Waals surface area (Å²) in [6.07, 6.45) is 1.66. The first kappa shape index (κ1) is 15.8. The van der Waals surface area contributed by atoms with Crippen LogP contribution in [-0.4, -0.2) is 29.6 Å². The third kappa shape index (κ3) is 4.11. The van der Waals surface area contributed by atoms with Gasteiger partial charge in [-0.3, -0.25) is 0 Å². The van der Waals surface area contributed by atoms with Crippen LogP contribution in [0.25, 0.3) is 0 Å². The molecular formula is C14H21ClN2O2. The molecule has 0 radical (unpaired) electrons. The van der Waals surface area contributed by atoms with Gasteiger partial charge in [-0.2, -0.15) is 0 Å². The quantitative estimate of drug-likeness (QED) is 0.908. The Hall–Kier alpha value is -1.26. The molecule has 2 N–H and O–H groups in total. The van der Waals surface area contributed by atoms with E-state index in [2.05, 4.69) is 0 Å². The highest BCUT2D eigenvalue weighted by Crippen LogP contribution is 2.17. The zero-order valence-corrected chi connectivity index (χ0v) is 11.9. The number of rotatable bonds is 2. The Balaban J connectivity index is 0.00000180. The van der Waals surface area contributed by atoms with E-state index >= 15 is 0 Å². The van der Waals surface area contributed by atoms with Gasteiger partial charge in [0, 0.05) is 18.6 Å². The fourth-order valence-corrected chi connectivity index (χ4v) is 2.23. The van der Waals surface area contributed by atoms with Crippen LogP contribution in [0.1, 0.15) is 25.3 Å². The Morgan fingerprint density at radius 1 is 1.42 bits per heavy atom. The van der Waals surface area contributed by atoms with Crippen molar-refractivity contribution in [3.63, 3.8) is 0 Å². The van der Waals surface area contributed by atoms with E-state index < -0.39 is 0 Å². The van der Waals surface area contributed by atoms with E-state index in [9.17, 15) is 4.79 Å². The van der Waals surface area contributed by atoms with E-state index in [0.29, 0.717) is 6.61 Å². The Morgan fingerprint density at radius 3 is 2.79 bits per heavy atom. The highest BCUT2D eigenvalue weighted by molar-refractivity contribution is 5.85. The Kier molecular flexibility index (Phi) is 6.12. The van der Waals surface area contributed by atoms with Crippen molar-refractivity contribution in [1.82, 2.24) is 4.90 Å². The lowest BCUT2D eigenvalue weighted by Crippen LogP contribution is -2.52. The van der Waals surface area contributed by atoms with Crippen molar-refractivity contribution in [3.8, 4) is 0 Å². The molecular weight excluding hydrogens is 264 g/mol. The average Bonchev–Trinajstić information content (AvgIpc) is 2.40. The molecule has 19 heavy (non-hydrogen) atoms. The lowest BCUT2D eigenvalue weighted by Gasteiger charge is -2.36. The van der Waals surface area contributed by atoms with Crippen LogP contribution in [0.3, 0.4) is 0 Å². The van der Waals surface area contributed by atoms with Gasteiger partial charge in [-0.1, -0.05) is 30.3 Å². The number of carbonyl (C=O) groups is 1. The molecule has 1 aromatic carbocycles. The van der Waals surface area contributed by atoms with Gasteiger partial charge in [-0.25, -0.2) is 4.79 Å². The van der Waals surface area contributed by atoms with E-state index in [1.807, 2.05) is 37.3 Å². The second kappa shape index (κ2) is 7.36. The van der Waals surface area contributed by atoms with E-state index in [1.165, 1.54) is 0 Å². The third-order valence-corrected chi connectivity index (χ3v) is 3.49. The van der Waals surface area contributed by atoms with Crippen molar-refractivity contribution in [2.24, 2.45) is 5.73 Å². The monoisotopic (exact) mass is 284 g/mol. The predicted octanol–water partition coefficient (Wildman–Crippen LogP) is 2.56. The van der Waals surface area contributed by atoms with Crippen molar-refractivity contribution < 1.29 is 9.53 Å². The molecule has 5 heteroatoms. The summed E-state index contributed by atoms with van der Waals surface area (Å²) in [6, 6.07) is 9.81. The van der Waals surface area contributed by atoms with Gasteiger partial charge < -0.3 is 15.4 Å². The molecule has 0 bridgehead atoms. The number of hydrogen-bond donors (Lipinski definition) is 1. The van der Waals surface area contributed by atoms with Gasteiger partial charge in [0.2, 0.25) is 0 Å². The van der Waals surface area contributed by atoms with Gasteiger partial charge in [-0.05, 0) is 25.3 Å². The molecule has 2 rings (SSSR count). The van der Waals surface area contributed by atoms with Crippen LogP contribution in [0.5, 0.6) is 0 Å². The summed E-state index contributed by atoms with van der Waals surface area (Å²) in [7, 11) is 0. The third-order valence-electron chi connectivity index (χ3n) is 3.49. The largest absolute Gasteiger partial charge is 0.445 e. The van der Waals surface area contributed by atoms with Crippen LogP contribution < -0.4 is 5.73 Å². The molecule has 1 aromatic rings. The van der Waals surface area contributed by atoms with Crippen molar-refractivity contribution in [3.05, 3.63) is 35.9 Å². The minimum Gasteiger partial charge on any atom is -0.445 e. The number of nitrogens with two attached hydrogens (primary N) is 1. The van der Waals surface area contributed by atoms with Crippen LogP contribution >= 0.6 is 12.4 Å². The van der Waals surface area contributed by atoms with E-state index in [4.69, 9.17) is 10.5 Å². The standard InChI is InChI=1S/C14H20N2O2.ClH/c1-11-13(15)8-5-9-16(11)14(17)18-10-12-6-3-2-4-7-12;/h2-4,6-7,11,13H,5,8-10,15H2,1H3;1H/t11-,13+;/m0./s1. The molecule has 0 aromatic heterocycles. The summed E-state index contributed by atoms with van der Waals surface area (Å²) in [5.41, 5.74) is 6.96. The lowest BCUT2D eigenvalue weighted by atomic mass is 9.99. The van der Waals surface area contributed by atoms with Gasteiger partial charge in [0.1, 0.15) is 6.61 Å². The molecule has 1 heterocycles. The number of carbonyl (C=O) groups excluding carboxylic acids is 1. The first-order chi connectivity index (χ1) is 8.68. The molecule has 1 aliphatic rings. The highest BCUT2D eigenvalue weighted by atomic mass is 35.5. The van der Waals surface area contributed by atoms with Crippen molar-refractivity contribution in [2.45, 2.75) is 38.5 Å². The molecule has 0 aliphatic carbocycles. The number of amides is 1. The van der Waals surface area contributed by atoms with E-state index in [-0.39, 0.29) is 30.6 Å². The second-order valence-corrected chi connectivity index (χ2v) is 4.78. The molecule has 1 saturated heterocycles. The smallest absolute Gasteiger partial charge is 0.410 e. The normalized spacial score (nSPS) is 22.5. The maximum absolute atomic E-state index is 12.0. The number of piperidine rings is 1. The number of halogens is 1. The molecule has 0 unspecified atom stereocenters. The highest BCUT2D eigenvalue weighted by Gasteiger charge is 2.29. The summed E-state index contributed by atoms with van der Waals surface area (Å²) in [6.45, 7) is 3.04. The minimum absolute atomic E-state index is 0. The maximum atomic E-state index is 12.0. The van der Waals surface area contributed by atoms with Crippen molar-refractivity contribution in [1.29, 1.82) is 0 Å². The van der Waals surface area contributed by atoms with Crippen molar-refractivity contribution in [2.75, 3.05) is 6.54 Å². The van der Waals surface area contributed by atoms with Gasteiger partial charge in [0.15, 0.2) is 0 Å². The number of ether oxygens (including phenoxy) is 1. The molecule has 1 fully saturated rings. The topological polar surface area (TPSA) is 55.6 Å². The zero-order valence-electron chi connectivity index (χ0n) is 11.1. The fraction of sp³-hybridized carbons (Fsp3) is 0.500. The fourth-order valence-electron chi connectivity index (χ4n) is 2.23. The number of benzene rings is 1.